The Labute approximate surface area is 185 Å². The number of nitrogens with zero attached hydrogens (tertiary/aromatic N) is 1. The number of para-hydroxylation sites is 1. The molecule has 0 bridgehead atoms. The highest BCUT2D eigenvalue weighted by molar-refractivity contribution is 7.15. The molecule has 2 aromatic carbocycles. The van der Waals surface area contributed by atoms with Gasteiger partial charge >= 0.3 is 17.8 Å². The van der Waals surface area contributed by atoms with Crippen molar-refractivity contribution in [2.75, 3.05) is 19.0 Å². The molecule has 32 heavy (non-hydrogen) atoms. The van der Waals surface area contributed by atoms with Gasteiger partial charge in [0.05, 0.1) is 0 Å². The van der Waals surface area contributed by atoms with Crippen molar-refractivity contribution >= 4 is 28.2 Å². The quantitative estimate of drug-likeness (QED) is 0.357. The zero-order chi connectivity index (χ0) is 23.5. The lowest BCUT2D eigenvalue weighted by molar-refractivity contribution is -0.254. The van der Waals surface area contributed by atoms with Crippen molar-refractivity contribution in [2.45, 2.75) is 24.7 Å². The maximum absolute atomic E-state index is 15.1. The Balaban J connectivity index is 2.07. The number of aryl methyl sites for hydroxylation is 1. The maximum atomic E-state index is 15.1. The number of alkyl halides is 6. The van der Waals surface area contributed by atoms with E-state index in [9.17, 15) is 8.78 Å². The molecule has 0 amide bonds. The zero-order valence-electron chi connectivity index (χ0n) is 17.4. The maximum Gasteiger partial charge on any atom is 0.380 e. The van der Waals surface area contributed by atoms with Crippen molar-refractivity contribution in [3.63, 3.8) is 0 Å². The standard InChI is InChI=1S/C24H19F6NS/c1-14-17(13-19(32-14)15-9-5-4-6-10-15)21-20(16-11-7-8-12-18(16)31(2)3)22(25,26)24(29,30)23(21,27)28/h4-13H,1-3H3. The molecule has 1 aliphatic rings. The lowest BCUT2D eigenvalue weighted by Crippen LogP contribution is -2.49. The van der Waals surface area contributed by atoms with Crippen molar-refractivity contribution in [3.8, 4) is 10.4 Å². The molecular weight excluding hydrogens is 448 g/mol. The molecule has 0 unspecified atom stereocenters. The number of halogens is 6. The van der Waals surface area contributed by atoms with Crippen molar-refractivity contribution in [1.29, 1.82) is 0 Å². The second kappa shape index (κ2) is 7.40. The fourth-order valence-electron chi connectivity index (χ4n) is 3.98. The minimum Gasteiger partial charge on any atom is -0.377 e. The summed E-state index contributed by atoms with van der Waals surface area (Å²) in [5.74, 6) is -15.7. The molecule has 0 radical (unpaired) electrons. The summed E-state index contributed by atoms with van der Waals surface area (Å²) >= 11 is 1.10. The molecule has 1 aromatic heterocycles. The van der Waals surface area contributed by atoms with Gasteiger partial charge in [0.15, 0.2) is 0 Å². The van der Waals surface area contributed by atoms with Crippen molar-refractivity contribution in [1.82, 2.24) is 0 Å². The van der Waals surface area contributed by atoms with Gasteiger partial charge in [-0.15, -0.1) is 11.3 Å². The fourth-order valence-corrected chi connectivity index (χ4v) is 5.01. The third-order valence-electron chi connectivity index (χ3n) is 5.57. The summed E-state index contributed by atoms with van der Waals surface area (Å²) in [5, 5.41) is 0. The topological polar surface area (TPSA) is 3.24 Å². The van der Waals surface area contributed by atoms with Crippen molar-refractivity contribution < 1.29 is 26.3 Å². The number of allylic oxidation sites excluding steroid dienone is 2. The average Bonchev–Trinajstić information content (AvgIpc) is 3.16. The van der Waals surface area contributed by atoms with Crippen LogP contribution in [0.25, 0.3) is 21.6 Å². The van der Waals surface area contributed by atoms with Crippen LogP contribution in [0.3, 0.4) is 0 Å². The molecule has 1 aliphatic carbocycles. The van der Waals surface area contributed by atoms with Gasteiger partial charge in [-0.3, -0.25) is 0 Å². The second-order valence-corrected chi connectivity index (χ2v) is 9.09. The summed E-state index contributed by atoms with van der Waals surface area (Å²) in [6.07, 6.45) is 0. The minimum absolute atomic E-state index is 0.143. The first-order valence-corrected chi connectivity index (χ1v) is 10.5. The van der Waals surface area contributed by atoms with Gasteiger partial charge < -0.3 is 4.90 Å². The van der Waals surface area contributed by atoms with Crippen LogP contribution in [0, 0.1) is 6.92 Å². The van der Waals surface area contributed by atoms with Gasteiger partial charge in [-0.05, 0) is 30.2 Å². The molecule has 0 aliphatic heterocycles. The lowest BCUT2D eigenvalue weighted by atomic mass is 9.93. The Morgan fingerprint density at radius 3 is 1.84 bits per heavy atom. The fraction of sp³-hybridized carbons (Fsp3) is 0.250. The van der Waals surface area contributed by atoms with Gasteiger partial charge in [0.1, 0.15) is 0 Å². The van der Waals surface area contributed by atoms with Gasteiger partial charge in [0.25, 0.3) is 0 Å². The molecule has 0 saturated heterocycles. The summed E-state index contributed by atoms with van der Waals surface area (Å²) in [4.78, 5) is 2.22. The van der Waals surface area contributed by atoms with E-state index in [0.717, 1.165) is 11.3 Å². The van der Waals surface area contributed by atoms with E-state index in [1.54, 1.807) is 30.3 Å². The Kier molecular flexibility index (Phi) is 5.19. The SMILES string of the molecule is Cc1sc(-c2ccccc2)cc1C1=C(c2ccccc2N(C)C)C(F)(F)C(F)(F)C1(F)F. The Bertz CT molecular complexity index is 1190. The van der Waals surface area contributed by atoms with E-state index < -0.39 is 28.9 Å². The number of thiophene rings is 1. The number of rotatable bonds is 4. The lowest BCUT2D eigenvalue weighted by Gasteiger charge is -2.26. The Morgan fingerprint density at radius 1 is 0.719 bits per heavy atom. The van der Waals surface area contributed by atoms with E-state index in [1.807, 2.05) is 0 Å². The molecule has 0 saturated carbocycles. The molecule has 3 aromatic rings. The molecule has 1 heterocycles. The highest BCUT2D eigenvalue weighted by Gasteiger charge is 2.80. The average molecular weight is 467 g/mol. The van der Waals surface area contributed by atoms with E-state index in [1.165, 1.54) is 56.3 Å². The molecule has 4 rings (SSSR count). The highest BCUT2D eigenvalue weighted by Crippen LogP contribution is 2.66. The molecule has 0 atom stereocenters. The summed E-state index contributed by atoms with van der Waals surface area (Å²) in [6.45, 7) is 1.47. The summed E-state index contributed by atoms with van der Waals surface area (Å²) in [7, 11) is 3.07. The van der Waals surface area contributed by atoms with Gasteiger partial charge in [-0.1, -0.05) is 48.5 Å². The first kappa shape index (κ1) is 22.5. The van der Waals surface area contributed by atoms with Crippen LogP contribution in [-0.2, 0) is 0 Å². The third-order valence-corrected chi connectivity index (χ3v) is 6.67. The first-order chi connectivity index (χ1) is 14.9. The molecule has 1 nitrogen and oxygen atoms in total. The Morgan fingerprint density at radius 2 is 1.25 bits per heavy atom. The van der Waals surface area contributed by atoms with Gasteiger partial charge in [0.2, 0.25) is 0 Å². The van der Waals surface area contributed by atoms with Gasteiger partial charge in [-0.25, -0.2) is 0 Å². The van der Waals surface area contributed by atoms with Crippen molar-refractivity contribution in [3.05, 3.63) is 76.7 Å². The van der Waals surface area contributed by atoms with Crippen LogP contribution in [0.15, 0.2) is 60.7 Å². The molecule has 0 spiro atoms. The number of hydrogen-bond donors (Lipinski definition) is 0. The predicted octanol–water partition coefficient (Wildman–Crippen LogP) is 7.62. The van der Waals surface area contributed by atoms with Crippen molar-refractivity contribution in [2.24, 2.45) is 0 Å². The number of anilines is 1. The minimum atomic E-state index is -5.58. The number of hydrogen-bond acceptors (Lipinski definition) is 2. The zero-order valence-corrected chi connectivity index (χ0v) is 18.2. The molecule has 0 fully saturated rings. The number of benzene rings is 2. The highest BCUT2D eigenvalue weighted by atomic mass is 32.1. The predicted molar refractivity (Wildman–Crippen MR) is 117 cm³/mol. The van der Waals surface area contributed by atoms with E-state index in [4.69, 9.17) is 0 Å². The van der Waals surface area contributed by atoms with Gasteiger partial charge in [0, 0.05) is 46.2 Å². The van der Waals surface area contributed by atoms with Crippen LogP contribution in [0.5, 0.6) is 0 Å². The van der Waals surface area contributed by atoms with Crippen LogP contribution >= 0.6 is 11.3 Å². The van der Waals surface area contributed by atoms with Crippen LogP contribution in [0.1, 0.15) is 16.0 Å². The molecule has 168 valence electrons. The smallest absolute Gasteiger partial charge is 0.377 e. The normalized spacial score (nSPS) is 18.8. The van der Waals surface area contributed by atoms with Crippen LogP contribution < -0.4 is 4.90 Å². The molecule has 0 N–H and O–H groups in total. The molecule has 8 heteroatoms. The van der Waals surface area contributed by atoms with E-state index in [2.05, 4.69) is 0 Å². The summed E-state index contributed by atoms with van der Waals surface area (Å²) < 4.78 is 89.7. The van der Waals surface area contributed by atoms with Crippen LogP contribution in [0.2, 0.25) is 0 Å². The van der Waals surface area contributed by atoms with E-state index in [0.29, 0.717) is 10.4 Å². The monoisotopic (exact) mass is 467 g/mol. The third kappa shape index (κ3) is 3.07. The summed E-state index contributed by atoms with van der Waals surface area (Å²) in [5.41, 5.74) is -2.47. The van der Waals surface area contributed by atoms with Crippen LogP contribution in [-0.4, -0.2) is 31.9 Å². The van der Waals surface area contributed by atoms with Gasteiger partial charge in [-0.2, -0.15) is 26.3 Å². The molecular formula is C24H19F6NS. The van der Waals surface area contributed by atoms with E-state index >= 15 is 17.6 Å². The Hall–Kier alpha value is -2.74. The second-order valence-electron chi connectivity index (χ2n) is 7.83. The van der Waals surface area contributed by atoms with Crippen LogP contribution in [0.4, 0.5) is 32.0 Å². The first-order valence-electron chi connectivity index (χ1n) is 9.73. The van der Waals surface area contributed by atoms with E-state index in [-0.39, 0.29) is 21.7 Å². The summed E-state index contributed by atoms with van der Waals surface area (Å²) in [6, 6.07) is 15.5. The largest absolute Gasteiger partial charge is 0.380 e.